The molecule has 1 aromatic carbocycles. The second-order valence-corrected chi connectivity index (χ2v) is 5.44. The molecule has 2 rings (SSSR count). The van der Waals surface area contributed by atoms with E-state index in [0.29, 0.717) is 18.1 Å². The van der Waals surface area contributed by atoms with Crippen molar-refractivity contribution in [1.29, 1.82) is 10.5 Å². The van der Waals surface area contributed by atoms with Gasteiger partial charge in [-0.05, 0) is 49.7 Å². The average Bonchev–Trinajstić information content (AvgIpc) is 2.61. The highest BCUT2D eigenvalue weighted by Gasteiger charge is 2.11. The van der Waals surface area contributed by atoms with Gasteiger partial charge in [0.25, 0.3) is 0 Å². The van der Waals surface area contributed by atoms with E-state index < -0.39 is 0 Å². The molecule has 0 aliphatic carbocycles. The highest BCUT2D eigenvalue weighted by molar-refractivity contribution is 5.64. The summed E-state index contributed by atoms with van der Waals surface area (Å²) in [7, 11) is 1.58. The van der Waals surface area contributed by atoms with Crippen LogP contribution in [0.2, 0.25) is 0 Å². The molecule has 0 unspecified atom stereocenters. The van der Waals surface area contributed by atoms with Crippen molar-refractivity contribution in [3.8, 4) is 23.6 Å². The molecule has 0 bridgehead atoms. The number of rotatable bonds is 6. The maximum Gasteiger partial charge on any atom is 0.161 e. The number of likely N-dealkylation sites (tertiary alicyclic amines) is 1. The Balaban J connectivity index is 1.98. The van der Waals surface area contributed by atoms with Crippen molar-refractivity contribution < 1.29 is 9.47 Å². The number of allylic oxidation sites excluding steroid dienone is 1. The van der Waals surface area contributed by atoms with Crippen LogP contribution in [0.5, 0.6) is 11.5 Å². The van der Waals surface area contributed by atoms with E-state index in [-0.39, 0.29) is 5.57 Å². The van der Waals surface area contributed by atoms with Crippen LogP contribution in [-0.4, -0.2) is 38.3 Å². The first-order valence-electron chi connectivity index (χ1n) is 7.82. The number of hydrogen-bond acceptors (Lipinski definition) is 5. The fraction of sp³-hybridized carbons (Fsp3) is 0.444. The second-order valence-electron chi connectivity index (χ2n) is 5.44. The third-order valence-corrected chi connectivity index (χ3v) is 3.85. The fourth-order valence-electron chi connectivity index (χ4n) is 2.62. The topological polar surface area (TPSA) is 69.3 Å². The lowest BCUT2D eigenvalue weighted by atomic mass is 10.1. The molecule has 0 radical (unpaired) electrons. The summed E-state index contributed by atoms with van der Waals surface area (Å²) in [6.07, 6.45) is 5.39. The lowest BCUT2D eigenvalue weighted by Gasteiger charge is -2.26. The van der Waals surface area contributed by atoms with Gasteiger partial charge in [0.2, 0.25) is 0 Å². The van der Waals surface area contributed by atoms with Crippen LogP contribution in [-0.2, 0) is 0 Å². The van der Waals surface area contributed by atoms with Gasteiger partial charge < -0.3 is 9.47 Å². The summed E-state index contributed by atoms with van der Waals surface area (Å²) in [5, 5.41) is 17.6. The summed E-state index contributed by atoms with van der Waals surface area (Å²) in [4.78, 5) is 2.42. The molecule has 0 N–H and O–H groups in total. The van der Waals surface area contributed by atoms with Crippen LogP contribution in [0.4, 0.5) is 0 Å². The zero-order chi connectivity index (χ0) is 16.5. The minimum absolute atomic E-state index is 0.0609. The first kappa shape index (κ1) is 16.9. The highest BCUT2D eigenvalue weighted by atomic mass is 16.5. The molecule has 0 spiro atoms. The third kappa shape index (κ3) is 5.02. The zero-order valence-corrected chi connectivity index (χ0v) is 13.4. The standard InChI is InChI=1S/C18H21N3O2/c1-22-18-12-15(11-16(13-19)14-20)5-6-17(18)23-10-9-21-7-3-2-4-8-21/h5-6,11-12H,2-4,7-10H2,1H3. The van der Waals surface area contributed by atoms with Crippen molar-refractivity contribution >= 4 is 6.08 Å². The summed E-state index contributed by atoms with van der Waals surface area (Å²) in [6, 6.07) is 9.09. The molecule has 1 aromatic rings. The molecule has 1 aliphatic heterocycles. The molecule has 1 aliphatic rings. The number of piperidine rings is 1. The van der Waals surface area contributed by atoms with Gasteiger partial charge in [0.05, 0.1) is 7.11 Å². The van der Waals surface area contributed by atoms with E-state index in [4.69, 9.17) is 20.0 Å². The van der Waals surface area contributed by atoms with Gasteiger partial charge in [-0.2, -0.15) is 10.5 Å². The lowest BCUT2D eigenvalue weighted by molar-refractivity contribution is 0.180. The average molecular weight is 311 g/mol. The summed E-state index contributed by atoms with van der Waals surface area (Å²) in [6.45, 7) is 3.83. The van der Waals surface area contributed by atoms with Crippen molar-refractivity contribution in [1.82, 2.24) is 4.90 Å². The predicted octanol–water partition coefficient (Wildman–Crippen LogP) is 2.99. The monoisotopic (exact) mass is 311 g/mol. The quantitative estimate of drug-likeness (QED) is 0.755. The molecular weight excluding hydrogens is 290 g/mol. The first-order chi connectivity index (χ1) is 11.3. The van der Waals surface area contributed by atoms with Crippen LogP contribution in [0.15, 0.2) is 23.8 Å². The minimum atomic E-state index is 0.0609. The Morgan fingerprint density at radius 1 is 1.17 bits per heavy atom. The minimum Gasteiger partial charge on any atom is -0.493 e. The predicted molar refractivity (Wildman–Crippen MR) is 88.0 cm³/mol. The maximum atomic E-state index is 8.81. The summed E-state index contributed by atoms with van der Waals surface area (Å²) >= 11 is 0. The van der Waals surface area contributed by atoms with Gasteiger partial charge >= 0.3 is 0 Å². The lowest BCUT2D eigenvalue weighted by Crippen LogP contribution is -2.33. The smallest absolute Gasteiger partial charge is 0.161 e. The molecule has 5 heteroatoms. The number of benzene rings is 1. The molecule has 23 heavy (non-hydrogen) atoms. The Labute approximate surface area is 137 Å². The van der Waals surface area contributed by atoms with Crippen LogP contribution < -0.4 is 9.47 Å². The van der Waals surface area contributed by atoms with Gasteiger partial charge in [0, 0.05) is 6.54 Å². The van der Waals surface area contributed by atoms with E-state index in [9.17, 15) is 0 Å². The van der Waals surface area contributed by atoms with E-state index in [1.54, 1.807) is 13.2 Å². The summed E-state index contributed by atoms with van der Waals surface area (Å²) in [5.74, 6) is 1.28. The van der Waals surface area contributed by atoms with Gasteiger partial charge in [-0.1, -0.05) is 12.5 Å². The van der Waals surface area contributed by atoms with Crippen LogP contribution in [0.1, 0.15) is 24.8 Å². The molecule has 1 heterocycles. The Bertz CT molecular complexity index is 619. The van der Waals surface area contributed by atoms with Crippen molar-refractivity contribution in [3.63, 3.8) is 0 Å². The number of nitrogens with zero attached hydrogens (tertiary/aromatic N) is 3. The second kappa shape index (κ2) is 8.82. The normalized spacial score (nSPS) is 14.4. The molecule has 0 atom stereocenters. The fourth-order valence-corrected chi connectivity index (χ4v) is 2.62. The SMILES string of the molecule is COc1cc(C=C(C#N)C#N)ccc1OCCN1CCCCC1. The molecule has 1 fully saturated rings. The number of hydrogen-bond donors (Lipinski definition) is 0. The Morgan fingerprint density at radius 3 is 2.57 bits per heavy atom. The zero-order valence-electron chi connectivity index (χ0n) is 13.4. The van der Waals surface area contributed by atoms with Crippen molar-refractivity contribution in [3.05, 3.63) is 29.3 Å². The molecular formula is C18H21N3O2. The first-order valence-corrected chi connectivity index (χ1v) is 7.82. The van der Waals surface area contributed by atoms with E-state index in [1.165, 1.54) is 25.3 Å². The number of nitriles is 2. The van der Waals surface area contributed by atoms with E-state index in [2.05, 4.69) is 4.90 Å². The van der Waals surface area contributed by atoms with Crippen molar-refractivity contribution in [2.45, 2.75) is 19.3 Å². The van der Waals surface area contributed by atoms with E-state index in [0.717, 1.165) is 25.2 Å². The Morgan fingerprint density at radius 2 is 1.91 bits per heavy atom. The Kier molecular flexibility index (Phi) is 6.47. The van der Waals surface area contributed by atoms with E-state index >= 15 is 0 Å². The Hall–Kier alpha value is -2.50. The molecule has 0 aromatic heterocycles. The molecule has 1 saturated heterocycles. The van der Waals surface area contributed by atoms with Crippen LogP contribution in [0, 0.1) is 22.7 Å². The summed E-state index contributed by atoms with van der Waals surface area (Å²) < 4.78 is 11.2. The summed E-state index contributed by atoms with van der Waals surface area (Å²) in [5.41, 5.74) is 0.800. The van der Waals surface area contributed by atoms with Gasteiger partial charge in [0.15, 0.2) is 11.5 Å². The molecule has 120 valence electrons. The number of ether oxygens (including phenoxy) is 2. The van der Waals surface area contributed by atoms with E-state index in [1.807, 2.05) is 24.3 Å². The molecule has 5 nitrogen and oxygen atoms in total. The molecule has 0 saturated carbocycles. The van der Waals surface area contributed by atoms with Gasteiger partial charge in [-0.15, -0.1) is 0 Å². The maximum absolute atomic E-state index is 8.81. The number of methoxy groups -OCH3 is 1. The van der Waals surface area contributed by atoms with Gasteiger partial charge in [0.1, 0.15) is 24.3 Å². The van der Waals surface area contributed by atoms with Gasteiger partial charge in [-0.25, -0.2) is 0 Å². The van der Waals surface area contributed by atoms with Crippen LogP contribution >= 0.6 is 0 Å². The van der Waals surface area contributed by atoms with Crippen molar-refractivity contribution in [2.75, 3.05) is 33.4 Å². The third-order valence-electron chi connectivity index (χ3n) is 3.85. The van der Waals surface area contributed by atoms with Gasteiger partial charge in [-0.3, -0.25) is 4.90 Å². The van der Waals surface area contributed by atoms with Crippen molar-refractivity contribution in [2.24, 2.45) is 0 Å². The van der Waals surface area contributed by atoms with Crippen LogP contribution in [0.25, 0.3) is 6.08 Å². The highest BCUT2D eigenvalue weighted by Crippen LogP contribution is 2.29. The van der Waals surface area contributed by atoms with Crippen LogP contribution in [0.3, 0.4) is 0 Å². The molecule has 0 amide bonds. The largest absolute Gasteiger partial charge is 0.493 e.